The fraction of sp³-hybridized carbons (Fsp3) is 0.167. The molecule has 0 saturated carbocycles. The number of benzene rings is 1. The van der Waals surface area contributed by atoms with Crippen LogP contribution in [0, 0.1) is 6.92 Å². The zero-order valence-corrected chi connectivity index (χ0v) is 8.97. The van der Waals surface area contributed by atoms with Crippen molar-refractivity contribution in [1.82, 2.24) is 0 Å². The third kappa shape index (κ3) is 1.96. The van der Waals surface area contributed by atoms with E-state index in [1.165, 1.54) is 16.0 Å². The first-order valence-electron chi connectivity index (χ1n) is 4.63. The molecule has 0 atom stereocenters. The monoisotopic (exact) mass is 203 g/mol. The molecule has 1 nitrogen and oxygen atoms in total. The molecule has 0 radical (unpaired) electrons. The number of nitrogens with two attached hydrogens (primary N) is 1. The number of para-hydroxylation sites is 1. The summed E-state index contributed by atoms with van der Waals surface area (Å²) in [7, 11) is 0. The van der Waals surface area contributed by atoms with Gasteiger partial charge >= 0.3 is 0 Å². The molecule has 72 valence electrons. The maximum Gasteiger partial charge on any atom is 0.0349 e. The van der Waals surface area contributed by atoms with Gasteiger partial charge in [-0.2, -0.15) is 0 Å². The molecule has 0 aliphatic heterocycles. The Morgan fingerprint density at radius 1 is 1.29 bits per heavy atom. The molecule has 0 fully saturated rings. The van der Waals surface area contributed by atoms with Gasteiger partial charge in [-0.05, 0) is 35.6 Å². The van der Waals surface area contributed by atoms with E-state index in [4.69, 9.17) is 5.73 Å². The van der Waals surface area contributed by atoms with Crippen LogP contribution in [0.2, 0.25) is 0 Å². The molecule has 0 aliphatic rings. The highest BCUT2D eigenvalue weighted by molar-refractivity contribution is 7.10. The molecule has 2 aromatic rings. The highest BCUT2D eigenvalue weighted by Gasteiger charge is 2.01. The van der Waals surface area contributed by atoms with Crippen LogP contribution < -0.4 is 5.73 Å². The summed E-state index contributed by atoms with van der Waals surface area (Å²) in [6, 6.07) is 10.3. The molecular formula is C12H13NS. The number of rotatable bonds is 2. The molecule has 1 aromatic carbocycles. The highest BCUT2D eigenvalue weighted by Crippen LogP contribution is 2.19. The van der Waals surface area contributed by atoms with Crippen molar-refractivity contribution in [1.29, 1.82) is 0 Å². The Labute approximate surface area is 88.2 Å². The number of anilines is 1. The van der Waals surface area contributed by atoms with Gasteiger partial charge in [0.1, 0.15) is 0 Å². The number of nitrogen functional groups attached to an aromatic ring is 1. The Kier molecular flexibility index (Phi) is 2.55. The van der Waals surface area contributed by atoms with Crippen molar-refractivity contribution < 1.29 is 0 Å². The van der Waals surface area contributed by atoms with Gasteiger partial charge in [0.25, 0.3) is 0 Å². The Bertz CT molecular complexity index is 431. The summed E-state index contributed by atoms with van der Waals surface area (Å²) in [6.45, 7) is 2.13. The van der Waals surface area contributed by atoms with Crippen molar-refractivity contribution in [3.63, 3.8) is 0 Å². The van der Waals surface area contributed by atoms with E-state index < -0.39 is 0 Å². The van der Waals surface area contributed by atoms with Crippen molar-refractivity contribution in [2.45, 2.75) is 13.3 Å². The summed E-state index contributed by atoms with van der Waals surface area (Å²) in [5.41, 5.74) is 9.33. The van der Waals surface area contributed by atoms with Gasteiger partial charge < -0.3 is 5.73 Å². The summed E-state index contributed by atoms with van der Waals surface area (Å²) >= 11 is 1.79. The molecule has 14 heavy (non-hydrogen) atoms. The summed E-state index contributed by atoms with van der Waals surface area (Å²) < 4.78 is 0. The molecule has 0 saturated heterocycles. The summed E-state index contributed by atoms with van der Waals surface area (Å²) in [5.74, 6) is 0. The van der Waals surface area contributed by atoms with Crippen LogP contribution in [0.4, 0.5) is 5.69 Å². The normalized spacial score (nSPS) is 10.4. The van der Waals surface area contributed by atoms with Crippen LogP contribution in [0.25, 0.3) is 0 Å². The summed E-state index contributed by atoms with van der Waals surface area (Å²) in [4.78, 5) is 1.36. The quantitative estimate of drug-likeness (QED) is 0.745. The second kappa shape index (κ2) is 3.84. The molecular weight excluding hydrogens is 190 g/mol. The van der Waals surface area contributed by atoms with Gasteiger partial charge in [0.05, 0.1) is 0 Å². The van der Waals surface area contributed by atoms with E-state index in [0.717, 1.165) is 12.1 Å². The van der Waals surface area contributed by atoms with Gasteiger partial charge in [-0.1, -0.05) is 18.2 Å². The molecule has 0 bridgehead atoms. The van der Waals surface area contributed by atoms with Gasteiger partial charge in [0.2, 0.25) is 0 Å². The Morgan fingerprint density at radius 3 is 2.71 bits per heavy atom. The smallest absolute Gasteiger partial charge is 0.0349 e. The number of thiophene rings is 1. The first-order chi connectivity index (χ1) is 6.75. The predicted octanol–water partition coefficient (Wildman–Crippen LogP) is 3.23. The minimum atomic E-state index is 0.886. The van der Waals surface area contributed by atoms with Gasteiger partial charge in [0, 0.05) is 17.0 Å². The predicted molar refractivity (Wildman–Crippen MR) is 62.7 cm³/mol. The van der Waals surface area contributed by atoms with Crippen LogP contribution >= 0.6 is 11.3 Å². The van der Waals surface area contributed by atoms with Gasteiger partial charge in [-0.3, -0.25) is 0 Å². The van der Waals surface area contributed by atoms with E-state index in [0.29, 0.717) is 0 Å². The SMILES string of the molecule is Cc1cc(Cc2ccccc2N)cs1. The lowest BCUT2D eigenvalue weighted by Gasteiger charge is -2.02. The largest absolute Gasteiger partial charge is 0.398 e. The van der Waals surface area contributed by atoms with Crippen LogP contribution in [-0.2, 0) is 6.42 Å². The van der Waals surface area contributed by atoms with Crippen LogP contribution in [-0.4, -0.2) is 0 Å². The van der Waals surface area contributed by atoms with Crippen molar-refractivity contribution in [3.8, 4) is 0 Å². The second-order valence-electron chi connectivity index (χ2n) is 3.44. The van der Waals surface area contributed by atoms with Gasteiger partial charge in [0.15, 0.2) is 0 Å². The lowest BCUT2D eigenvalue weighted by molar-refractivity contribution is 1.21. The molecule has 1 heterocycles. The van der Waals surface area contributed by atoms with E-state index in [1.807, 2.05) is 18.2 Å². The fourth-order valence-corrected chi connectivity index (χ4v) is 2.21. The average molecular weight is 203 g/mol. The van der Waals surface area contributed by atoms with Crippen LogP contribution in [0.5, 0.6) is 0 Å². The third-order valence-corrected chi connectivity index (χ3v) is 3.14. The molecule has 1 aromatic heterocycles. The van der Waals surface area contributed by atoms with Gasteiger partial charge in [-0.15, -0.1) is 11.3 Å². The van der Waals surface area contributed by atoms with E-state index in [9.17, 15) is 0 Å². The van der Waals surface area contributed by atoms with Crippen molar-refractivity contribution in [3.05, 3.63) is 51.7 Å². The standard InChI is InChI=1S/C12H13NS/c1-9-6-10(8-14-9)7-11-4-2-3-5-12(11)13/h2-6,8H,7,13H2,1H3. The van der Waals surface area contributed by atoms with Crippen LogP contribution in [0.3, 0.4) is 0 Å². The van der Waals surface area contributed by atoms with Gasteiger partial charge in [-0.25, -0.2) is 0 Å². The molecule has 0 amide bonds. The second-order valence-corrected chi connectivity index (χ2v) is 4.56. The zero-order chi connectivity index (χ0) is 9.97. The first kappa shape index (κ1) is 9.28. The van der Waals surface area contributed by atoms with Crippen molar-refractivity contribution in [2.24, 2.45) is 0 Å². The highest BCUT2D eigenvalue weighted by atomic mass is 32.1. The molecule has 2 rings (SSSR count). The summed E-state index contributed by atoms with van der Waals surface area (Å²) in [5, 5.41) is 2.20. The van der Waals surface area contributed by atoms with E-state index in [1.54, 1.807) is 11.3 Å². The molecule has 0 aliphatic carbocycles. The minimum absolute atomic E-state index is 0.886. The van der Waals surface area contributed by atoms with Crippen molar-refractivity contribution >= 4 is 17.0 Å². The first-order valence-corrected chi connectivity index (χ1v) is 5.51. The maximum atomic E-state index is 5.88. The minimum Gasteiger partial charge on any atom is -0.398 e. The van der Waals surface area contributed by atoms with Crippen LogP contribution in [0.1, 0.15) is 16.0 Å². The number of hydrogen-bond acceptors (Lipinski definition) is 2. The van der Waals surface area contributed by atoms with E-state index in [-0.39, 0.29) is 0 Å². The zero-order valence-electron chi connectivity index (χ0n) is 8.16. The lowest BCUT2D eigenvalue weighted by Crippen LogP contribution is -1.93. The van der Waals surface area contributed by atoms with Crippen molar-refractivity contribution in [2.75, 3.05) is 5.73 Å². The Morgan fingerprint density at radius 2 is 2.07 bits per heavy atom. The summed E-state index contributed by atoms with van der Waals surface area (Å²) in [6.07, 6.45) is 0.941. The Balaban J connectivity index is 2.23. The lowest BCUT2D eigenvalue weighted by atomic mass is 10.1. The molecule has 0 spiro atoms. The van der Waals surface area contributed by atoms with E-state index in [2.05, 4.69) is 24.4 Å². The van der Waals surface area contributed by atoms with E-state index >= 15 is 0 Å². The van der Waals surface area contributed by atoms with Crippen LogP contribution in [0.15, 0.2) is 35.7 Å². The maximum absolute atomic E-state index is 5.88. The average Bonchev–Trinajstić information content (AvgIpc) is 2.56. The topological polar surface area (TPSA) is 26.0 Å². The Hall–Kier alpha value is -1.28. The fourth-order valence-electron chi connectivity index (χ4n) is 1.51. The molecule has 2 N–H and O–H groups in total. The molecule has 2 heteroatoms. The number of aryl methyl sites for hydroxylation is 1. The molecule has 0 unspecified atom stereocenters. The third-order valence-electron chi connectivity index (χ3n) is 2.23. The number of hydrogen-bond donors (Lipinski definition) is 1.